The molecule has 1 fully saturated rings. The molecule has 1 aliphatic heterocycles. The highest BCUT2D eigenvalue weighted by Crippen LogP contribution is 2.23. The number of nitrogens with zero attached hydrogens (tertiary/aromatic N) is 1. The van der Waals surface area contributed by atoms with E-state index in [-0.39, 0.29) is 30.6 Å². The van der Waals surface area contributed by atoms with Gasteiger partial charge in [0.2, 0.25) is 5.91 Å². The number of carbonyl (C=O) groups excluding carboxylic acids is 2. The monoisotopic (exact) mass is 357 g/mol. The Bertz CT molecular complexity index is 536. The molecular formula is C17H24ClNO3S. The molecule has 128 valence electrons. The van der Waals surface area contributed by atoms with Crippen LogP contribution in [-0.4, -0.2) is 42.4 Å². The molecule has 0 saturated carbocycles. The summed E-state index contributed by atoms with van der Waals surface area (Å²) in [6.45, 7) is 6.49. The SMILES string of the molecule is CC(C)COC1CCN(C(=O)CCC(=O)c2ccc(Cl)s2)CC1. The van der Waals surface area contributed by atoms with Crippen LogP contribution in [0.25, 0.3) is 0 Å². The number of thiophene rings is 1. The van der Waals surface area contributed by atoms with Crippen LogP contribution in [0.2, 0.25) is 4.34 Å². The summed E-state index contributed by atoms with van der Waals surface area (Å²) in [6.07, 6.45) is 2.54. The van der Waals surface area contributed by atoms with Gasteiger partial charge in [-0.2, -0.15) is 0 Å². The van der Waals surface area contributed by atoms with Crippen molar-refractivity contribution in [3.63, 3.8) is 0 Å². The molecule has 0 radical (unpaired) electrons. The number of piperidine rings is 1. The average molecular weight is 358 g/mol. The summed E-state index contributed by atoms with van der Waals surface area (Å²) in [5.41, 5.74) is 0. The largest absolute Gasteiger partial charge is 0.378 e. The highest BCUT2D eigenvalue weighted by atomic mass is 35.5. The molecule has 1 aromatic rings. The van der Waals surface area contributed by atoms with E-state index in [0.717, 1.165) is 32.5 Å². The molecule has 2 rings (SSSR count). The summed E-state index contributed by atoms with van der Waals surface area (Å²) >= 11 is 7.09. The molecule has 23 heavy (non-hydrogen) atoms. The van der Waals surface area contributed by atoms with Gasteiger partial charge in [0.1, 0.15) is 0 Å². The van der Waals surface area contributed by atoms with Crippen LogP contribution in [0.4, 0.5) is 0 Å². The maximum Gasteiger partial charge on any atom is 0.223 e. The van der Waals surface area contributed by atoms with E-state index in [1.807, 2.05) is 4.90 Å². The Labute approximate surface area is 146 Å². The normalized spacial score (nSPS) is 16.1. The van der Waals surface area contributed by atoms with Crippen molar-refractivity contribution in [3.8, 4) is 0 Å². The number of likely N-dealkylation sites (tertiary alicyclic amines) is 1. The average Bonchev–Trinajstić information content (AvgIpc) is 2.97. The third kappa shape index (κ3) is 5.90. The van der Waals surface area contributed by atoms with Crippen LogP contribution in [0.15, 0.2) is 12.1 Å². The Hall–Kier alpha value is -0.910. The van der Waals surface area contributed by atoms with E-state index in [9.17, 15) is 9.59 Å². The molecule has 0 aromatic carbocycles. The standard InChI is InChI=1S/C17H24ClNO3S/c1-12(2)11-22-13-7-9-19(10-8-13)17(21)6-3-14(20)15-4-5-16(18)23-15/h4-5,12-13H,3,6-11H2,1-2H3. The van der Waals surface area contributed by atoms with Crippen molar-refractivity contribution in [1.29, 1.82) is 0 Å². The van der Waals surface area contributed by atoms with Crippen LogP contribution in [0, 0.1) is 5.92 Å². The second-order valence-electron chi connectivity index (χ2n) is 6.33. The quantitative estimate of drug-likeness (QED) is 0.692. The summed E-state index contributed by atoms with van der Waals surface area (Å²) < 4.78 is 6.43. The second-order valence-corrected chi connectivity index (χ2v) is 8.05. The molecule has 0 spiro atoms. The molecule has 0 aliphatic carbocycles. The lowest BCUT2D eigenvalue weighted by Crippen LogP contribution is -2.41. The van der Waals surface area contributed by atoms with Gasteiger partial charge in [-0.3, -0.25) is 9.59 Å². The van der Waals surface area contributed by atoms with Gasteiger partial charge in [-0.05, 0) is 30.9 Å². The Morgan fingerprint density at radius 3 is 2.57 bits per heavy atom. The number of ether oxygens (including phenoxy) is 1. The van der Waals surface area contributed by atoms with Crippen molar-refractivity contribution >= 4 is 34.6 Å². The van der Waals surface area contributed by atoms with Crippen LogP contribution >= 0.6 is 22.9 Å². The maximum atomic E-state index is 12.2. The van der Waals surface area contributed by atoms with Crippen LogP contribution in [-0.2, 0) is 9.53 Å². The highest BCUT2D eigenvalue weighted by Gasteiger charge is 2.23. The van der Waals surface area contributed by atoms with Gasteiger partial charge in [0.05, 0.1) is 15.3 Å². The molecule has 4 nitrogen and oxygen atoms in total. The molecule has 2 heterocycles. The van der Waals surface area contributed by atoms with Crippen molar-refractivity contribution in [1.82, 2.24) is 4.90 Å². The van der Waals surface area contributed by atoms with E-state index < -0.39 is 0 Å². The number of carbonyl (C=O) groups is 2. The number of hydrogen-bond acceptors (Lipinski definition) is 4. The fraction of sp³-hybridized carbons (Fsp3) is 0.647. The lowest BCUT2D eigenvalue weighted by Gasteiger charge is -2.32. The van der Waals surface area contributed by atoms with E-state index in [2.05, 4.69) is 13.8 Å². The Morgan fingerprint density at radius 2 is 2.00 bits per heavy atom. The van der Waals surface area contributed by atoms with Gasteiger partial charge >= 0.3 is 0 Å². The topological polar surface area (TPSA) is 46.6 Å². The second kappa shape index (κ2) is 8.81. The first kappa shape index (κ1) is 18.4. The molecule has 6 heteroatoms. The van der Waals surface area contributed by atoms with Crippen LogP contribution in [0.5, 0.6) is 0 Å². The summed E-state index contributed by atoms with van der Waals surface area (Å²) in [7, 11) is 0. The first-order valence-corrected chi connectivity index (χ1v) is 9.33. The van der Waals surface area contributed by atoms with Gasteiger partial charge in [0.25, 0.3) is 0 Å². The third-order valence-electron chi connectivity index (χ3n) is 3.87. The fourth-order valence-corrected chi connectivity index (χ4v) is 3.58. The van der Waals surface area contributed by atoms with Gasteiger partial charge < -0.3 is 9.64 Å². The van der Waals surface area contributed by atoms with E-state index in [1.54, 1.807) is 12.1 Å². The fourth-order valence-electron chi connectivity index (χ4n) is 2.57. The number of amides is 1. The number of Topliss-reactive ketones (excluding diaryl/α,β-unsaturated/α-hetero) is 1. The van der Waals surface area contributed by atoms with Crippen LogP contribution in [0.3, 0.4) is 0 Å². The van der Waals surface area contributed by atoms with Crippen molar-refractivity contribution in [2.75, 3.05) is 19.7 Å². The number of hydrogen-bond donors (Lipinski definition) is 0. The lowest BCUT2D eigenvalue weighted by atomic mass is 10.1. The van der Waals surface area contributed by atoms with Crippen LogP contribution in [0.1, 0.15) is 49.2 Å². The zero-order valence-corrected chi connectivity index (χ0v) is 15.3. The molecule has 1 aromatic heterocycles. The van der Waals surface area contributed by atoms with E-state index >= 15 is 0 Å². The van der Waals surface area contributed by atoms with Crippen LogP contribution < -0.4 is 0 Å². The van der Waals surface area contributed by atoms with Gasteiger partial charge in [0.15, 0.2) is 5.78 Å². The van der Waals surface area contributed by atoms with Gasteiger partial charge in [-0.25, -0.2) is 0 Å². The van der Waals surface area contributed by atoms with E-state index in [1.165, 1.54) is 11.3 Å². The molecule has 1 saturated heterocycles. The minimum absolute atomic E-state index is 0.00889. The lowest BCUT2D eigenvalue weighted by molar-refractivity contribution is -0.133. The number of ketones is 1. The predicted molar refractivity (Wildman–Crippen MR) is 93.3 cm³/mol. The molecular weight excluding hydrogens is 334 g/mol. The molecule has 0 unspecified atom stereocenters. The Balaban J connectivity index is 1.70. The zero-order chi connectivity index (χ0) is 16.8. The first-order chi connectivity index (χ1) is 11.0. The van der Waals surface area contributed by atoms with Crippen molar-refractivity contribution < 1.29 is 14.3 Å². The van der Waals surface area contributed by atoms with E-state index in [0.29, 0.717) is 15.1 Å². The highest BCUT2D eigenvalue weighted by molar-refractivity contribution is 7.18. The van der Waals surface area contributed by atoms with Gasteiger partial charge in [-0.15, -0.1) is 11.3 Å². The maximum absolute atomic E-state index is 12.2. The van der Waals surface area contributed by atoms with Crippen molar-refractivity contribution in [2.45, 2.75) is 45.6 Å². The minimum atomic E-state index is -0.00889. The molecule has 0 bridgehead atoms. The Kier molecular flexibility index (Phi) is 7.06. The molecule has 0 atom stereocenters. The van der Waals surface area contributed by atoms with Gasteiger partial charge in [-0.1, -0.05) is 25.4 Å². The summed E-state index contributed by atoms with van der Waals surface area (Å²) in [5, 5.41) is 0. The predicted octanol–water partition coefficient (Wildman–Crippen LogP) is 4.03. The zero-order valence-electron chi connectivity index (χ0n) is 13.7. The first-order valence-electron chi connectivity index (χ1n) is 8.13. The van der Waals surface area contributed by atoms with Crippen molar-refractivity contribution in [3.05, 3.63) is 21.3 Å². The van der Waals surface area contributed by atoms with E-state index in [4.69, 9.17) is 16.3 Å². The summed E-state index contributed by atoms with van der Waals surface area (Å²) in [6, 6.07) is 3.43. The number of rotatable bonds is 7. The summed E-state index contributed by atoms with van der Waals surface area (Å²) in [5.74, 6) is 0.583. The van der Waals surface area contributed by atoms with Crippen molar-refractivity contribution in [2.24, 2.45) is 5.92 Å². The molecule has 0 N–H and O–H groups in total. The molecule has 1 aliphatic rings. The minimum Gasteiger partial charge on any atom is -0.378 e. The number of halogens is 1. The summed E-state index contributed by atoms with van der Waals surface area (Å²) in [4.78, 5) is 26.7. The molecule has 1 amide bonds. The van der Waals surface area contributed by atoms with Gasteiger partial charge in [0, 0.05) is 32.5 Å². The smallest absolute Gasteiger partial charge is 0.223 e. The third-order valence-corrected chi connectivity index (χ3v) is 5.15. The Morgan fingerprint density at radius 1 is 1.30 bits per heavy atom.